The monoisotopic (exact) mass is 286 g/mol. The van der Waals surface area contributed by atoms with Crippen molar-refractivity contribution in [3.63, 3.8) is 0 Å². The van der Waals surface area contributed by atoms with Crippen molar-refractivity contribution in [1.82, 2.24) is 0 Å². The molecule has 0 amide bonds. The zero-order valence-corrected chi connectivity index (χ0v) is 13.3. The van der Waals surface area contributed by atoms with Crippen molar-refractivity contribution < 1.29 is 0 Å². The third-order valence-corrected chi connectivity index (χ3v) is 3.41. The molecule has 2 aromatic carbocycles. The van der Waals surface area contributed by atoms with Crippen LogP contribution in [0.25, 0.3) is 6.08 Å². The molecule has 0 N–H and O–H groups in total. The standard InChI is InChI=1S/C22H22/c1-3-5-6-8-20-11-15-22(16-12-20)18-17-21-13-9-19(7-4-2)10-14-21/h3-5,7,9-16H,6,8H2,1-2H3. The third-order valence-electron chi connectivity index (χ3n) is 3.41. The molecule has 0 atom stereocenters. The zero-order valence-electron chi connectivity index (χ0n) is 13.3. The van der Waals surface area contributed by atoms with E-state index in [0.29, 0.717) is 0 Å². The van der Waals surface area contributed by atoms with E-state index in [2.05, 4.69) is 85.5 Å². The zero-order chi connectivity index (χ0) is 15.6. The second kappa shape index (κ2) is 8.70. The number of allylic oxidation sites excluding steroid dienone is 3. The van der Waals surface area contributed by atoms with Crippen molar-refractivity contribution in [1.29, 1.82) is 0 Å². The smallest absolute Gasteiger partial charge is 0.0249 e. The van der Waals surface area contributed by atoms with Crippen LogP contribution in [0.3, 0.4) is 0 Å². The van der Waals surface area contributed by atoms with E-state index in [1.807, 2.05) is 13.0 Å². The fourth-order valence-corrected chi connectivity index (χ4v) is 2.19. The summed E-state index contributed by atoms with van der Waals surface area (Å²) >= 11 is 0. The van der Waals surface area contributed by atoms with E-state index in [-0.39, 0.29) is 0 Å². The summed E-state index contributed by atoms with van der Waals surface area (Å²) in [7, 11) is 0. The molecule has 0 heteroatoms. The molecule has 0 nitrogen and oxygen atoms in total. The van der Waals surface area contributed by atoms with Crippen LogP contribution in [-0.4, -0.2) is 0 Å². The molecule has 0 bridgehead atoms. The van der Waals surface area contributed by atoms with Gasteiger partial charge in [-0.3, -0.25) is 0 Å². The summed E-state index contributed by atoms with van der Waals surface area (Å²) < 4.78 is 0. The van der Waals surface area contributed by atoms with Crippen LogP contribution in [0.4, 0.5) is 0 Å². The maximum absolute atomic E-state index is 3.22. The molecule has 0 heterocycles. The number of aryl methyl sites for hydroxylation is 1. The predicted molar refractivity (Wildman–Crippen MR) is 96.7 cm³/mol. The van der Waals surface area contributed by atoms with Gasteiger partial charge in [0.25, 0.3) is 0 Å². The topological polar surface area (TPSA) is 0 Å². The van der Waals surface area contributed by atoms with Crippen LogP contribution < -0.4 is 0 Å². The van der Waals surface area contributed by atoms with Crippen LogP contribution >= 0.6 is 0 Å². The maximum Gasteiger partial charge on any atom is 0.0249 e. The lowest BCUT2D eigenvalue weighted by Gasteiger charge is -1.98. The van der Waals surface area contributed by atoms with Crippen LogP contribution in [0, 0.1) is 11.8 Å². The van der Waals surface area contributed by atoms with Crippen LogP contribution in [-0.2, 0) is 6.42 Å². The van der Waals surface area contributed by atoms with E-state index >= 15 is 0 Å². The quantitative estimate of drug-likeness (QED) is 0.505. The van der Waals surface area contributed by atoms with E-state index in [0.717, 1.165) is 24.0 Å². The first-order valence-corrected chi connectivity index (χ1v) is 7.76. The molecule has 2 rings (SSSR count). The van der Waals surface area contributed by atoms with E-state index < -0.39 is 0 Å². The Morgan fingerprint density at radius 1 is 0.773 bits per heavy atom. The first kappa shape index (κ1) is 15.9. The van der Waals surface area contributed by atoms with Crippen LogP contribution in [0.5, 0.6) is 0 Å². The summed E-state index contributed by atoms with van der Waals surface area (Å²) in [6, 6.07) is 16.9. The number of rotatable bonds is 4. The molecule has 0 saturated heterocycles. The van der Waals surface area contributed by atoms with Gasteiger partial charge in [-0.15, -0.1) is 0 Å². The van der Waals surface area contributed by atoms with Crippen LogP contribution in [0.1, 0.15) is 42.5 Å². The minimum absolute atomic E-state index is 1.05. The first-order valence-electron chi connectivity index (χ1n) is 7.76. The Morgan fingerprint density at radius 2 is 1.36 bits per heavy atom. The van der Waals surface area contributed by atoms with Gasteiger partial charge in [0.2, 0.25) is 0 Å². The molecular formula is C22H22. The van der Waals surface area contributed by atoms with E-state index in [9.17, 15) is 0 Å². The van der Waals surface area contributed by atoms with Gasteiger partial charge in [0.15, 0.2) is 0 Å². The minimum atomic E-state index is 1.05. The molecule has 0 unspecified atom stereocenters. The Labute approximate surface area is 134 Å². The minimum Gasteiger partial charge on any atom is -0.0917 e. The van der Waals surface area contributed by atoms with Gasteiger partial charge in [-0.25, -0.2) is 0 Å². The summed E-state index contributed by atoms with van der Waals surface area (Å²) in [5, 5.41) is 0. The summed E-state index contributed by atoms with van der Waals surface area (Å²) in [6.45, 7) is 4.08. The molecule has 0 fully saturated rings. The normalized spacial score (nSPS) is 10.8. The van der Waals surface area contributed by atoms with Crippen molar-refractivity contribution in [3.8, 4) is 11.8 Å². The van der Waals surface area contributed by atoms with Gasteiger partial charge < -0.3 is 0 Å². The van der Waals surface area contributed by atoms with Gasteiger partial charge in [-0.05, 0) is 62.1 Å². The summed E-state index contributed by atoms with van der Waals surface area (Å²) in [4.78, 5) is 0. The number of benzene rings is 2. The number of hydrogen-bond acceptors (Lipinski definition) is 0. The van der Waals surface area contributed by atoms with Crippen molar-refractivity contribution in [2.45, 2.75) is 26.7 Å². The average Bonchev–Trinajstić information content (AvgIpc) is 2.56. The summed E-state index contributed by atoms with van der Waals surface area (Å²) in [5.41, 5.74) is 4.68. The highest BCUT2D eigenvalue weighted by molar-refractivity contribution is 5.52. The molecule has 2 aromatic rings. The van der Waals surface area contributed by atoms with Gasteiger partial charge in [-0.1, -0.05) is 60.4 Å². The second-order valence-electron chi connectivity index (χ2n) is 5.18. The summed E-state index contributed by atoms with van der Waals surface area (Å²) in [6.07, 6.45) is 10.6. The number of hydrogen-bond donors (Lipinski definition) is 0. The van der Waals surface area contributed by atoms with Gasteiger partial charge in [0, 0.05) is 11.1 Å². The molecule has 0 saturated carbocycles. The largest absolute Gasteiger partial charge is 0.0917 e. The predicted octanol–water partition coefficient (Wildman–Crippen LogP) is 5.63. The SMILES string of the molecule is CC=CCCc1ccc(C#Cc2ccc(C=CC)cc2)cc1. The fourth-order valence-electron chi connectivity index (χ4n) is 2.19. The first-order chi connectivity index (χ1) is 10.8. The van der Waals surface area contributed by atoms with Crippen molar-refractivity contribution in [3.05, 3.63) is 89.0 Å². The molecule has 22 heavy (non-hydrogen) atoms. The molecule has 0 radical (unpaired) electrons. The van der Waals surface area contributed by atoms with Crippen LogP contribution in [0.15, 0.2) is 66.8 Å². The lowest BCUT2D eigenvalue weighted by Crippen LogP contribution is -1.84. The van der Waals surface area contributed by atoms with Gasteiger partial charge in [-0.2, -0.15) is 0 Å². The summed E-state index contributed by atoms with van der Waals surface area (Å²) in [5.74, 6) is 6.44. The molecule has 0 aliphatic rings. The maximum atomic E-state index is 3.22. The Hall–Kier alpha value is -2.52. The Balaban J connectivity index is 2.01. The highest BCUT2D eigenvalue weighted by Crippen LogP contribution is 2.08. The highest BCUT2D eigenvalue weighted by atomic mass is 14.0. The Kier molecular flexibility index (Phi) is 6.27. The van der Waals surface area contributed by atoms with Gasteiger partial charge in [0.1, 0.15) is 0 Å². The average molecular weight is 286 g/mol. The molecule has 110 valence electrons. The van der Waals surface area contributed by atoms with Crippen molar-refractivity contribution in [2.24, 2.45) is 0 Å². The van der Waals surface area contributed by atoms with E-state index in [1.165, 1.54) is 11.1 Å². The van der Waals surface area contributed by atoms with Crippen molar-refractivity contribution in [2.75, 3.05) is 0 Å². The lowest BCUT2D eigenvalue weighted by molar-refractivity contribution is 0.999. The van der Waals surface area contributed by atoms with E-state index in [1.54, 1.807) is 0 Å². The highest BCUT2D eigenvalue weighted by Gasteiger charge is 1.92. The van der Waals surface area contributed by atoms with Gasteiger partial charge in [0.05, 0.1) is 0 Å². The molecular weight excluding hydrogens is 264 g/mol. The Morgan fingerprint density at radius 3 is 1.91 bits per heavy atom. The molecule has 0 aliphatic heterocycles. The second-order valence-corrected chi connectivity index (χ2v) is 5.18. The molecule has 0 spiro atoms. The molecule has 0 aromatic heterocycles. The molecule has 0 aliphatic carbocycles. The fraction of sp³-hybridized carbons (Fsp3) is 0.182. The van der Waals surface area contributed by atoms with E-state index in [4.69, 9.17) is 0 Å². The Bertz CT molecular complexity index is 686. The van der Waals surface area contributed by atoms with Gasteiger partial charge >= 0.3 is 0 Å². The van der Waals surface area contributed by atoms with Crippen molar-refractivity contribution >= 4 is 6.08 Å². The third kappa shape index (κ3) is 5.11. The lowest BCUT2D eigenvalue weighted by atomic mass is 10.1. The van der Waals surface area contributed by atoms with Crippen LogP contribution in [0.2, 0.25) is 0 Å².